The van der Waals surface area contributed by atoms with Gasteiger partial charge < -0.3 is 14.2 Å². The predicted molar refractivity (Wildman–Crippen MR) is 135 cm³/mol. The Morgan fingerprint density at radius 2 is 1.97 bits per heavy atom. The molecule has 178 valence electrons. The minimum Gasteiger partial charge on any atom is -0.454 e. The largest absolute Gasteiger partial charge is 0.454 e. The van der Waals surface area contributed by atoms with Crippen molar-refractivity contribution in [3.63, 3.8) is 0 Å². The highest BCUT2D eigenvalue weighted by Crippen LogP contribution is 2.34. The zero-order chi connectivity index (χ0) is 23.5. The predicted octanol–water partition coefficient (Wildman–Crippen LogP) is 4.41. The fourth-order valence-electron chi connectivity index (χ4n) is 4.18. The molecule has 2 aliphatic heterocycles. The zero-order valence-corrected chi connectivity index (χ0v) is 20.4. The average Bonchev–Trinajstić information content (AvgIpc) is 3.50. The standard InChI is InChI=1S/C26H29N3O4S/c1-18-4-8-23-25(19(18)2)27-26(34-23)29(11-3-10-28-12-14-31-15-13-28)24(30)9-6-20-5-7-21-22(16-20)33-17-32-21/h4-9,16H,3,10-15,17H2,1-2H3/b9-6+. The summed E-state index contributed by atoms with van der Waals surface area (Å²) in [5, 5.41) is 0.742. The average molecular weight is 480 g/mol. The molecular weight excluding hydrogens is 450 g/mol. The summed E-state index contributed by atoms with van der Waals surface area (Å²) in [7, 11) is 0. The van der Waals surface area contributed by atoms with Gasteiger partial charge in [-0.2, -0.15) is 0 Å². The van der Waals surface area contributed by atoms with E-state index in [1.165, 1.54) is 5.56 Å². The van der Waals surface area contributed by atoms with E-state index in [0.29, 0.717) is 12.3 Å². The van der Waals surface area contributed by atoms with Crippen LogP contribution in [0.25, 0.3) is 16.3 Å². The molecule has 0 aliphatic carbocycles. The van der Waals surface area contributed by atoms with Crippen LogP contribution in [0.4, 0.5) is 5.13 Å². The number of aromatic nitrogens is 1. The lowest BCUT2D eigenvalue weighted by molar-refractivity contribution is -0.114. The molecule has 3 heterocycles. The second kappa shape index (κ2) is 10.1. The van der Waals surface area contributed by atoms with Gasteiger partial charge in [0.2, 0.25) is 6.79 Å². The fourth-order valence-corrected chi connectivity index (χ4v) is 5.24. The van der Waals surface area contributed by atoms with Crippen LogP contribution in [-0.4, -0.2) is 62.0 Å². The van der Waals surface area contributed by atoms with Gasteiger partial charge in [-0.05, 0) is 61.2 Å². The molecule has 0 bridgehead atoms. The minimum absolute atomic E-state index is 0.0759. The van der Waals surface area contributed by atoms with Crippen LogP contribution < -0.4 is 14.4 Å². The van der Waals surface area contributed by atoms with Gasteiger partial charge in [0.25, 0.3) is 5.91 Å². The molecule has 1 saturated heterocycles. The van der Waals surface area contributed by atoms with Crippen molar-refractivity contribution in [2.45, 2.75) is 20.3 Å². The third kappa shape index (κ3) is 4.94. The Labute approximate surface area is 203 Å². The van der Waals surface area contributed by atoms with Gasteiger partial charge >= 0.3 is 0 Å². The van der Waals surface area contributed by atoms with Gasteiger partial charge in [0, 0.05) is 32.3 Å². The first-order valence-electron chi connectivity index (χ1n) is 11.6. The SMILES string of the molecule is Cc1ccc2sc(N(CCCN3CCOCC3)C(=O)/C=C/c3ccc4c(c3)OCO4)nc2c1C. The zero-order valence-electron chi connectivity index (χ0n) is 19.6. The second-order valence-electron chi connectivity index (χ2n) is 8.59. The third-order valence-electron chi connectivity index (χ3n) is 6.35. The number of carbonyl (C=O) groups excluding carboxylic acids is 1. The number of carbonyl (C=O) groups is 1. The first-order chi connectivity index (χ1) is 16.6. The summed E-state index contributed by atoms with van der Waals surface area (Å²) in [6.45, 7) is 9.39. The van der Waals surface area contributed by atoms with Gasteiger partial charge in [-0.25, -0.2) is 4.98 Å². The maximum atomic E-state index is 13.4. The highest BCUT2D eigenvalue weighted by Gasteiger charge is 2.20. The number of anilines is 1. The number of hydrogen-bond acceptors (Lipinski definition) is 7. The molecule has 0 N–H and O–H groups in total. The number of fused-ring (bicyclic) bond motifs is 2. The summed E-state index contributed by atoms with van der Waals surface area (Å²) in [6, 6.07) is 9.88. The maximum absolute atomic E-state index is 13.4. The van der Waals surface area contributed by atoms with Gasteiger partial charge in [0.15, 0.2) is 16.6 Å². The Balaban J connectivity index is 1.36. The van der Waals surface area contributed by atoms with E-state index in [0.717, 1.165) is 71.5 Å². The summed E-state index contributed by atoms with van der Waals surface area (Å²) in [4.78, 5) is 22.5. The minimum atomic E-state index is -0.0759. The Morgan fingerprint density at radius 1 is 1.15 bits per heavy atom. The van der Waals surface area contributed by atoms with Crippen LogP contribution in [0.3, 0.4) is 0 Å². The molecule has 0 atom stereocenters. The van der Waals surface area contributed by atoms with Crippen LogP contribution in [0.15, 0.2) is 36.4 Å². The number of benzene rings is 2. The number of aryl methyl sites for hydroxylation is 2. The first-order valence-corrected chi connectivity index (χ1v) is 12.5. The van der Waals surface area contributed by atoms with Gasteiger partial charge in [-0.1, -0.05) is 23.5 Å². The van der Waals surface area contributed by atoms with Crippen molar-refractivity contribution in [1.82, 2.24) is 9.88 Å². The summed E-state index contributed by atoms with van der Waals surface area (Å²) < 4.78 is 17.4. The van der Waals surface area contributed by atoms with Crippen molar-refractivity contribution >= 4 is 38.7 Å². The normalized spacial score (nSPS) is 15.9. The number of hydrogen-bond donors (Lipinski definition) is 0. The maximum Gasteiger partial charge on any atom is 0.252 e. The number of amides is 1. The molecule has 1 amide bonds. The van der Waals surface area contributed by atoms with Gasteiger partial charge in [0.05, 0.1) is 23.4 Å². The summed E-state index contributed by atoms with van der Waals surface area (Å²) >= 11 is 1.57. The van der Waals surface area contributed by atoms with E-state index in [9.17, 15) is 4.79 Å². The molecule has 8 heteroatoms. The molecular formula is C26H29N3O4S. The molecule has 2 aliphatic rings. The third-order valence-corrected chi connectivity index (χ3v) is 7.39. The number of nitrogens with zero attached hydrogens (tertiary/aromatic N) is 3. The van der Waals surface area contributed by atoms with E-state index < -0.39 is 0 Å². The van der Waals surface area contributed by atoms with Crippen molar-refractivity contribution in [3.05, 3.63) is 53.1 Å². The van der Waals surface area contributed by atoms with Crippen LogP contribution in [0.5, 0.6) is 11.5 Å². The number of rotatable bonds is 7. The topological polar surface area (TPSA) is 64.1 Å². The van der Waals surface area contributed by atoms with Gasteiger partial charge in [-0.3, -0.25) is 14.6 Å². The molecule has 34 heavy (non-hydrogen) atoms. The lowest BCUT2D eigenvalue weighted by Gasteiger charge is -2.27. The summed E-state index contributed by atoms with van der Waals surface area (Å²) in [6.07, 6.45) is 4.32. The molecule has 1 aromatic heterocycles. The summed E-state index contributed by atoms with van der Waals surface area (Å²) in [5.41, 5.74) is 4.24. The van der Waals surface area contributed by atoms with E-state index in [2.05, 4.69) is 30.9 Å². The van der Waals surface area contributed by atoms with Crippen LogP contribution >= 0.6 is 11.3 Å². The Kier molecular flexibility index (Phi) is 6.80. The van der Waals surface area contributed by atoms with Crippen LogP contribution in [0.2, 0.25) is 0 Å². The van der Waals surface area contributed by atoms with Crippen LogP contribution in [0, 0.1) is 13.8 Å². The van der Waals surface area contributed by atoms with E-state index in [1.54, 1.807) is 17.4 Å². The van der Waals surface area contributed by atoms with E-state index >= 15 is 0 Å². The molecule has 0 unspecified atom stereocenters. The van der Waals surface area contributed by atoms with Crippen LogP contribution in [-0.2, 0) is 9.53 Å². The Hall–Kier alpha value is -2.94. The van der Waals surface area contributed by atoms with Crippen molar-refractivity contribution in [3.8, 4) is 11.5 Å². The highest BCUT2D eigenvalue weighted by molar-refractivity contribution is 7.22. The first kappa shape index (κ1) is 22.8. The monoisotopic (exact) mass is 479 g/mol. The Bertz CT molecular complexity index is 1220. The molecule has 1 fully saturated rings. The molecule has 5 rings (SSSR count). The lowest BCUT2D eigenvalue weighted by Crippen LogP contribution is -2.39. The molecule has 7 nitrogen and oxygen atoms in total. The van der Waals surface area contributed by atoms with Crippen molar-refractivity contribution in [2.75, 3.05) is 51.1 Å². The number of ether oxygens (including phenoxy) is 3. The summed E-state index contributed by atoms with van der Waals surface area (Å²) in [5.74, 6) is 1.36. The van der Waals surface area contributed by atoms with Crippen molar-refractivity contribution in [2.24, 2.45) is 0 Å². The molecule has 0 radical (unpaired) electrons. The van der Waals surface area contributed by atoms with E-state index in [1.807, 2.05) is 29.2 Å². The van der Waals surface area contributed by atoms with Gasteiger partial charge in [0.1, 0.15) is 0 Å². The van der Waals surface area contributed by atoms with Crippen LogP contribution in [0.1, 0.15) is 23.1 Å². The van der Waals surface area contributed by atoms with E-state index in [-0.39, 0.29) is 12.7 Å². The second-order valence-corrected chi connectivity index (χ2v) is 9.60. The number of thiazole rings is 1. The van der Waals surface area contributed by atoms with Gasteiger partial charge in [-0.15, -0.1) is 0 Å². The smallest absolute Gasteiger partial charge is 0.252 e. The quantitative estimate of drug-likeness (QED) is 0.468. The lowest BCUT2D eigenvalue weighted by atomic mass is 10.1. The Morgan fingerprint density at radius 3 is 2.82 bits per heavy atom. The molecule has 0 spiro atoms. The highest BCUT2D eigenvalue weighted by atomic mass is 32.1. The molecule has 0 saturated carbocycles. The van der Waals surface area contributed by atoms with Crippen molar-refractivity contribution in [1.29, 1.82) is 0 Å². The fraction of sp³-hybridized carbons (Fsp3) is 0.385. The van der Waals surface area contributed by atoms with E-state index in [4.69, 9.17) is 19.2 Å². The van der Waals surface area contributed by atoms with Crippen molar-refractivity contribution < 1.29 is 19.0 Å². The number of morpholine rings is 1. The molecule has 2 aromatic carbocycles. The molecule has 3 aromatic rings.